The number of fused-ring (bicyclic) bond motifs is 2. The normalized spacial score (nSPS) is 31.0. The number of likely N-dealkylation sites (N-methyl/N-ethyl adjacent to an activating group) is 1. The standard InChI is InChI=1S/C22H27N/c1-16-8-10-17(11-9-16)19-14-20-12-13-22(23(20)2)21(15-19)18-6-4-3-5-7-18/h3-11,19-22H,12-15H2,1-2H3. The first-order valence-corrected chi connectivity index (χ1v) is 9.06. The maximum atomic E-state index is 2.69. The largest absolute Gasteiger partial charge is 0.300 e. The van der Waals surface area contributed by atoms with E-state index in [9.17, 15) is 0 Å². The Morgan fingerprint density at radius 1 is 0.826 bits per heavy atom. The summed E-state index contributed by atoms with van der Waals surface area (Å²) in [6.45, 7) is 2.18. The number of rotatable bonds is 2. The Kier molecular flexibility index (Phi) is 3.98. The molecule has 0 amide bonds. The Balaban J connectivity index is 1.69. The van der Waals surface area contributed by atoms with Crippen molar-refractivity contribution < 1.29 is 0 Å². The second kappa shape index (κ2) is 6.13. The van der Waals surface area contributed by atoms with Gasteiger partial charge in [0.2, 0.25) is 0 Å². The first-order valence-electron chi connectivity index (χ1n) is 9.06. The van der Waals surface area contributed by atoms with Gasteiger partial charge in [-0.25, -0.2) is 0 Å². The van der Waals surface area contributed by atoms with Crippen molar-refractivity contribution in [1.29, 1.82) is 0 Å². The molecule has 2 aliphatic heterocycles. The number of aryl methyl sites for hydroxylation is 1. The first-order chi connectivity index (χ1) is 11.2. The van der Waals surface area contributed by atoms with E-state index in [4.69, 9.17) is 0 Å². The Morgan fingerprint density at radius 3 is 2.30 bits per heavy atom. The van der Waals surface area contributed by atoms with E-state index in [1.807, 2.05) is 0 Å². The SMILES string of the molecule is Cc1ccc(C2CC(c3ccccc3)C3CCC(C2)N3C)cc1. The molecule has 4 rings (SSSR count). The van der Waals surface area contributed by atoms with E-state index in [0.29, 0.717) is 11.8 Å². The van der Waals surface area contributed by atoms with Crippen LogP contribution in [-0.4, -0.2) is 24.0 Å². The lowest BCUT2D eigenvalue weighted by molar-refractivity contribution is 0.228. The van der Waals surface area contributed by atoms with Gasteiger partial charge >= 0.3 is 0 Å². The van der Waals surface area contributed by atoms with E-state index >= 15 is 0 Å². The molecule has 0 radical (unpaired) electrons. The van der Waals surface area contributed by atoms with Gasteiger partial charge in [-0.1, -0.05) is 60.2 Å². The highest BCUT2D eigenvalue weighted by Gasteiger charge is 2.41. The summed E-state index contributed by atoms with van der Waals surface area (Å²) in [5.74, 6) is 1.36. The third kappa shape index (κ3) is 2.83. The third-order valence-electron chi connectivity index (χ3n) is 6.23. The van der Waals surface area contributed by atoms with Crippen LogP contribution in [0.1, 0.15) is 54.2 Å². The van der Waals surface area contributed by atoms with E-state index in [0.717, 1.165) is 12.1 Å². The van der Waals surface area contributed by atoms with Gasteiger partial charge in [-0.15, -0.1) is 0 Å². The molecule has 2 bridgehead atoms. The van der Waals surface area contributed by atoms with Crippen LogP contribution in [0.25, 0.3) is 0 Å². The highest BCUT2D eigenvalue weighted by Crippen LogP contribution is 2.46. The summed E-state index contributed by atoms with van der Waals surface area (Å²) in [6, 6.07) is 22.0. The average Bonchev–Trinajstić information content (AvgIpc) is 2.84. The molecule has 4 unspecified atom stereocenters. The molecule has 2 fully saturated rings. The lowest BCUT2D eigenvalue weighted by Crippen LogP contribution is -2.33. The monoisotopic (exact) mass is 305 g/mol. The van der Waals surface area contributed by atoms with Crippen molar-refractivity contribution >= 4 is 0 Å². The van der Waals surface area contributed by atoms with E-state index in [-0.39, 0.29) is 0 Å². The van der Waals surface area contributed by atoms with Gasteiger partial charge in [0.05, 0.1) is 0 Å². The molecule has 2 heterocycles. The summed E-state index contributed by atoms with van der Waals surface area (Å²) in [7, 11) is 2.36. The minimum Gasteiger partial charge on any atom is -0.300 e. The van der Waals surface area contributed by atoms with Crippen molar-refractivity contribution in [2.45, 2.75) is 56.5 Å². The van der Waals surface area contributed by atoms with Crippen LogP contribution in [0, 0.1) is 6.92 Å². The van der Waals surface area contributed by atoms with Crippen LogP contribution in [0.15, 0.2) is 54.6 Å². The Bertz CT molecular complexity index is 645. The molecule has 0 saturated carbocycles. The molecule has 0 aromatic heterocycles. The smallest absolute Gasteiger partial charge is 0.0165 e. The second-order valence-electron chi connectivity index (χ2n) is 7.56. The fourth-order valence-electron chi connectivity index (χ4n) is 4.87. The maximum Gasteiger partial charge on any atom is 0.0165 e. The predicted molar refractivity (Wildman–Crippen MR) is 96.9 cm³/mol. The van der Waals surface area contributed by atoms with Crippen molar-refractivity contribution in [3.05, 3.63) is 71.3 Å². The van der Waals surface area contributed by atoms with E-state index in [2.05, 4.69) is 73.5 Å². The third-order valence-corrected chi connectivity index (χ3v) is 6.23. The van der Waals surface area contributed by atoms with Gasteiger partial charge < -0.3 is 0 Å². The van der Waals surface area contributed by atoms with Crippen LogP contribution in [-0.2, 0) is 0 Å². The van der Waals surface area contributed by atoms with Gasteiger partial charge in [0.15, 0.2) is 0 Å². The summed E-state index contributed by atoms with van der Waals surface area (Å²) < 4.78 is 0. The van der Waals surface area contributed by atoms with Gasteiger partial charge in [0, 0.05) is 18.0 Å². The lowest BCUT2D eigenvalue weighted by Gasteiger charge is -2.29. The van der Waals surface area contributed by atoms with Crippen LogP contribution in [0.5, 0.6) is 0 Å². The fraction of sp³-hybridized carbons (Fsp3) is 0.455. The zero-order chi connectivity index (χ0) is 15.8. The molecular weight excluding hydrogens is 278 g/mol. The van der Waals surface area contributed by atoms with Crippen molar-refractivity contribution in [2.75, 3.05) is 7.05 Å². The zero-order valence-electron chi connectivity index (χ0n) is 14.3. The highest BCUT2D eigenvalue weighted by atomic mass is 15.2. The van der Waals surface area contributed by atoms with E-state index < -0.39 is 0 Å². The molecule has 4 atom stereocenters. The van der Waals surface area contributed by atoms with Crippen LogP contribution in [0.4, 0.5) is 0 Å². The molecular formula is C22H27N. The molecule has 1 nitrogen and oxygen atoms in total. The van der Waals surface area contributed by atoms with Crippen molar-refractivity contribution in [3.8, 4) is 0 Å². The second-order valence-corrected chi connectivity index (χ2v) is 7.56. The average molecular weight is 305 g/mol. The molecule has 0 N–H and O–H groups in total. The van der Waals surface area contributed by atoms with Crippen LogP contribution in [0.3, 0.4) is 0 Å². The van der Waals surface area contributed by atoms with E-state index in [1.54, 1.807) is 0 Å². The first kappa shape index (κ1) is 15.0. The topological polar surface area (TPSA) is 3.24 Å². The Morgan fingerprint density at radius 2 is 1.57 bits per heavy atom. The summed E-state index contributed by atoms with van der Waals surface area (Å²) in [5, 5.41) is 0. The Hall–Kier alpha value is -1.60. The summed E-state index contributed by atoms with van der Waals surface area (Å²) in [5.41, 5.74) is 4.43. The minimum absolute atomic E-state index is 0.667. The van der Waals surface area contributed by atoms with Crippen LogP contribution >= 0.6 is 0 Å². The van der Waals surface area contributed by atoms with Gasteiger partial charge in [0.25, 0.3) is 0 Å². The number of nitrogens with zero attached hydrogens (tertiary/aromatic N) is 1. The van der Waals surface area contributed by atoms with Gasteiger partial charge in [0.1, 0.15) is 0 Å². The van der Waals surface area contributed by atoms with Crippen LogP contribution in [0.2, 0.25) is 0 Å². The summed E-state index contributed by atoms with van der Waals surface area (Å²) in [6.07, 6.45) is 5.34. The molecule has 2 aliphatic rings. The van der Waals surface area contributed by atoms with Crippen LogP contribution < -0.4 is 0 Å². The fourth-order valence-corrected chi connectivity index (χ4v) is 4.87. The van der Waals surface area contributed by atoms with Gasteiger partial charge in [-0.05, 0) is 56.7 Å². The predicted octanol–water partition coefficient (Wildman–Crippen LogP) is 5.12. The van der Waals surface area contributed by atoms with Gasteiger partial charge in [-0.2, -0.15) is 0 Å². The molecule has 2 saturated heterocycles. The van der Waals surface area contributed by atoms with Crippen molar-refractivity contribution in [1.82, 2.24) is 4.90 Å². The number of hydrogen-bond donors (Lipinski definition) is 0. The maximum absolute atomic E-state index is 2.69. The molecule has 2 aromatic carbocycles. The molecule has 2 aromatic rings. The number of benzene rings is 2. The molecule has 0 spiro atoms. The van der Waals surface area contributed by atoms with Gasteiger partial charge in [-0.3, -0.25) is 4.90 Å². The quantitative estimate of drug-likeness (QED) is 0.744. The minimum atomic E-state index is 0.667. The zero-order valence-corrected chi connectivity index (χ0v) is 14.3. The number of hydrogen-bond acceptors (Lipinski definition) is 1. The summed E-state index contributed by atoms with van der Waals surface area (Å²) >= 11 is 0. The van der Waals surface area contributed by atoms with Crippen molar-refractivity contribution in [3.63, 3.8) is 0 Å². The Labute approximate surface area is 140 Å². The molecule has 23 heavy (non-hydrogen) atoms. The molecule has 0 aliphatic carbocycles. The molecule has 1 heteroatoms. The van der Waals surface area contributed by atoms with Crippen molar-refractivity contribution in [2.24, 2.45) is 0 Å². The molecule has 120 valence electrons. The summed E-state index contributed by atoms with van der Waals surface area (Å²) in [4.78, 5) is 2.69. The van der Waals surface area contributed by atoms with E-state index in [1.165, 1.54) is 42.4 Å². The lowest BCUT2D eigenvalue weighted by atomic mass is 9.78. The highest BCUT2D eigenvalue weighted by molar-refractivity contribution is 5.29.